The normalized spacial score (nSPS) is 17.5. The topological polar surface area (TPSA) is 95.6 Å². The molecule has 0 aliphatic carbocycles. The highest BCUT2D eigenvalue weighted by atomic mass is 32.2. The van der Waals surface area contributed by atoms with Crippen molar-refractivity contribution in [1.82, 2.24) is 9.62 Å². The Morgan fingerprint density at radius 1 is 1.17 bits per heavy atom. The average molecular weight is 450 g/mol. The molecule has 0 radical (unpaired) electrons. The number of sulfonamides is 1. The van der Waals surface area contributed by atoms with Gasteiger partial charge in [0.2, 0.25) is 0 Å². The van der Waals surface area contributed by atoms with Gasteiger partial charge in [-0.2, -0.15) is 4.31 Å². The number of benzene rings is 1. The minimum atomic E-state index is -3.52. The molecule has 2 aromatic rings. The van der Waals surface area contributed by atoms with Gasteiger partial charge in [-0.15, -0.1) is 11.3 Å². The fraction of sp³-hybridized carbons (Fsp3) is 0.429. The number of anilines is 1. The molecule has 1 unspecified atom stereocenters. The van der Waals surface area contributed by atoms with Crippen LogP contribution in [0, 0.1) is 13.8 Å². The molecular weight excluding hydrogens is 422 g/mol. The van der Waals surface area contributed by atoms with E-state index in [1.54, 1.807) is 27.9 Å². The molecule has 2 amide bonds. The number of thiophene rings is 1. The molecule has 9 heteroatoms. The van der Waals surface area contributed by atoms with Crippen molar-refractivity contribution in [3.05, 3.63) is 46.8 Å². The molecule has 1 aliphatic heterocycles. The summed E-state index contributed by atoms with van der Waals surface area (Å²) in [7, 11) is -3.52. The van der Waals surface area contributed by atoms with Crippen LogP contribution in [0.15, 0.2) is 39.9 Å². The van der Waals surface area contributed by atoms with Crippen molar-refractivity contribution < 1.29 is 18.0 Å². The molecule has 1 saturated heterocycles. The van der Waals surface area contributed by atoms with Crippen LogP contribution in [0.3, 0.4) is 0 Å². The molecule has 2 N–H and O–H groups in total. The Morgan fingerprint density at radius 2 is 1.97 bits per heavy atom. The number of rotatable bonds is 6. The molecule has 0 bridgehead atoms. The van der Waals surface area contributed by atoms with Gasteiger partial charge in [-0.05, 0) is 56.2 Å². The van der Waals surface area contributed by atoms with Gasteiger partial charge in [-0.25, -0.2) is 8.42 Å². The molecule has 3 rings (SSSR count). The predicted molar refractivity (Wildman–Crippen MR) is 118 cm³/mol. The lowest BCUT2D eigenvalue weighted by Gasteiger charge is -2.34. The standard InChI is InChI=1S/C21H27N3O4S2/c1-15-8-9-18(16(2)14-15)23-21(26)20(25)22-11-10-17-6-3-4-12-24(17)30(27,28)19-7-5-13-29-19/h5,7-9,13-14,17H,3-4,6,10-12H2,1-2H3,(H,22,25)(H,23,26). The molecule has 0 spiro atoms. The highest BCUT2D eigenvalue weighted by molar-refractivity contribution is 7.91. The molecule has 2 heterocycles. The summed E-state index contributed by atoms with van der Waals surface area (Å²) in [4.78, 5) is 24.4. The Balaban J connectivity index is 1.55. The molecule has 1 fully saturated rings. The molecule has 1 aromatic heterocycles. The van der Waals surface area contributed by atoms with Crippen molar-refractivity contribution in [3.8, 4) is 0 Å². The van der Waals surface area contributed by atoms with Crippen molar-refractivity contribution in [2.45, 2.75) is 49.8 Å². The number of piperidine rings is 1. The van der Waals surface area contributed by atoms with Crippen molar-refractivity contribution >= 4 is 38.9 Å². The van der Waals surface area contributed by atoms with Crippen molar-refractivity contribution in [3.63, 3.8) is 0 Å². The Labute approximate surface area is 181 Å². The van der Waals surface area contributed by atoms with Crippen LogP contribution in [0.1, 0.15) is 36.8 Å². The second-order valence-corrected chi connectivity index (χ2v) is 10.6. The molecule has 1 aromatic carbocycles. The van der Waals surface area contributed by atoms with Gasteiger partial charge in [-0.1, -0.05) is 30.2 Å². The Morgan fingerprint density at radius 3 is 2.67 bits per heavy atom. The smallest absolute Gasteiger partial charge is 0.313 e. The first-order chi connectivity index (χ1) is 14.3. The minimum Gasteiger partial charge on any atom is -0.348 e. The van der Waals surface area contributed by atoms with Gasteiger partial charge in [0.1, 0.15) is 4.21 Å². The Kier molecular flexibility index (Phi) is 7.27. The summed E-state index contributed by atoms with van der Waals surface area (Å²) in [5.74, 6) is -1.45. The number of aryl methyl sites for hydroxylation is 2. The second kappa shape index (κ2) is 9.72. The summed E-state index contributed by atoms with van der Waals surface area (Å²) < 4.78 is 27.7. The lowest BCUT2D eigenvalue weighted by Crippen LogP contribution is -2.45. The van der Waals surface area contributed by atoms with E-state index in [1.165, 1.54) is 11.3 Å². The van der Waals surface area contributed by atoms with E-state index in [0.29, 0.717) is 22.9 Å². The van der Waals surface area contributed by atoms with E-state index in [0.717, 1.165) is 30.4 Å². The third-order valence-corrected chi connectivity index (χ3v) is 8.56. The van der Waals surface area contributed by atoms with Crippen LogP contribution in [-0.2, 0) is 19.6 Å². The van der Waals surface area contributed by atoms with E-state index in [2.05, 4.69) is 10.6 Å². The van der Waals surface area contributed by atoms with Crippen molar-refractivity contribution in [2.75, 3.05) is 18.4 Å². The summed E-state index contributed by atoms with van der Waals surface area (Å²) in [5, 5.41) is 6.99. The van der Waals surface area contributed by atoms with Crippen LogP contribution in [0.4, 0.5) is 5.69 Å². The number of nitrogens with one attached hydrogen (secondary N) is 2. The third kappa shape index (κ3) is 5.27. The summed E-state index contributed by atoms with van der Waals surface area (Å²) >= 11 is 1.21. The van der Waals surface area contributed by atoms with Crippen LogP contribution in [0.2, 0.25) is 0 Å². The van der Waals surface area contributed by atoms with Crippen LogP contribution in [0.25, 0.3) is 0 Å². The zero-order valence-corrected chi connectivity index (χ0v) is 18.8. The van der Waals surface area contributed by atoms with E-state index in [4.69, 9.17) is 0 Å². The monoisotopic (exact) mass is 449 g/mol. The number of carbonyl (C=O) groups is 2. The first kappa shape index (κ1) is 22.5. The zero-order chi connectivity index (χ0) is 21.7. The number of hydrogen-bond acceptors (Lipinski definition) is 5. The number of amides is 2. The molecule has 0 saturated carbocycles. The second-order valence-electron chi connectivity index (χ2n) is 7.51. The fourth-order valence-corrected chi connectivity index (χ4v) is 6.51. The minimum absolute atomic E-state index is 0.187. The van der Waals surface area contributed by atoms with E-state index in [-0.39, 0.29) is 12.6 Å². The Hall–Kier alpha value is -2.23. The maximum atomic E-state index is 12.9. The fourth-order valence-electron chi connectivity index (χ4n) is 3.67. The van der Waals surface area contributed by atoms with Gasteiger partial charge in [-0.3, -0.25) is 9.59 Å². The largest absolute Gasteiger partial charge is 0.348 e. The van der Waals surface area contributed by atoms with Crippen LogP contribution >= 0.6 is 11.3 Å². The number of hydrogen-bond donors (Lipinski definition) is 2. The van der Waals surface area contributed by atoms with E-state index in [1.807, 2.05) is 26.0 Å². The molecule has 1 atom stereocenters. The molecular formula is C21H27N3O4S2. The van der Waals surface area contributed by atoms with Gasteiger partial charge in [0.15, 0.2) is 0 Å². The van der Waals surface area contributed by atoms with Gasteiger partial charge in [0.05, 0.1) is 0 Å². The van der Waals surface area contributed by atoms with Crippen molar-refractivity contribution in [2.24, 2.45) is 0 Å². The first-order valence-electron chi connectivity index (χ1n) is 10.0. The zero-order valence-electron chi connectivity index (χ0n) is 17.2. The summed E-state index contributed by atoms with van der Waals surface area (Å²) in [5.41, 5.74) is 2.55. The lowest BCUT2D eigenvalue weighted by atomic mass is 10.0. The number of carbonyl (C=O) groups excluding carboxylic acids is 2. The predicted octanol–water partition coefficient (Wildman–Crippen LogP) is 3.05. The van der Waals surface area contributed by atoms with Gasteiger partial charge < -0.3 is 10.6 Å². The van der Waals surface area contributed by atoms with Crippen LogP contribution in [-0.4, -0.2) is 43.7 Å². The highest BCUT2D eigenvalue weighted by Gasteiger charge is 2.33. The highest BCUT2D eigenvalue weighted by Crippen LogP contribution is 2.29. The van der Waals surface area contributed by atoms with Gasteiger partial charge >= 0.3 is 11.8 Å². The summed E-state index contributed by atoms with van der Waals surface area (Å²) in [6.07, 6.45) is 2.98. The third-order valence-electron chi connectivity index (χ3n) is 5.23. The van der Waals surface area contributed by atoms with Gasteiger partial charge in [0, 0.05) is 24.8 Å². The molecule has 7 nitrogen and oxygen atoms in total. The maximum absolute atomic E-state index is 12.9. The lowest BCUT2D eigenvalue weighted by molar-refractivity contribution is -0.136. The van der Waals surface area contributed by atoms with Crippen molar-refractivity contribution in [1.29, 1.82) is 0 Å². The summed E-state index contributed by atoms with van der Waals surface area (Å²) in [6, 6.07) is 8.72. The Bertz CT molecular complexity index is 1000. The SMILES string of the molecule is Cc1ccc(NC(=O)C(=O)NCCC2CCCCN2S(=O)(=O)c2cccs2)c(C)c1. The number of nitrogens with zero attached hydrogens (tertiary/aromatic N) is 1. The maximum Gasteiger partial charge on any atom is 0.313 e. The van der Waals surface area contributed by atoms with Crippen LogP contribution in [0.5, 0.6) is 0 Å². The summed E-state index contributed by atoms with van der Waals surface area (Å²) in [6.45, 7) is 4.54. The molecule has 30 heavy (non-hydrogen) atoms. The van der Waals surface area contributed by atoms with E-state index >= 15 is 0 Å². The molecule has 162 valence electrons. The average Bonchev–Trinajstić information content (AvgIpc) is 3.26. The molecule has 1 aliphatic rings. The first-order valence-corrected chi connectivity index (χ1v) is 12.3. The quantitative estimate of drug-likeness (QED) is 0.663. The van der Waals surface area contributed by atoms with Gasteiger partial charge in [0.25, 0.3) is 10.0 Å². The van der Waals surface area contributed by atoms with E-state index in [9.17, 15) is 18.0 Å². The van der Waals surface area contributed by atoms with E-state index < -0.39 is 21.8 Å². The van der Waals surface area contributed by atoms with Crippen LogP contribution < -0.4 is 10.6 Å².